The van der Waals surface area contributed by atoms with Gasteiger partial charge in [0, 0.05) is 28.6 Å². The third-order valence-electron chi connectivity index (χ3n) is 6.51. The average molecular weight is 336 g/mol. The molecule has 0 spiro atoms. The fraction of sp³-hybridized carbons (Fsp3) is 0.400. The highest BCUT2D eigenvalue weighted by Gasteiger charge is 2.64. The van der Waals surface area contributed by atoms with Crippen molar-refractivity contribution in [2.45, 2.75) is 44.7 Å². The Morgan fingerprint density at radius 3 is 2.80 bits per heavy atom. The second kappa shape index (κ2) is 4.34. The van der Waals surface area contributed by atoms with Gasteiger partial charge in [0.1, 0.15) is 17.4 Å². The van der Waals surface area contributed by atoms with Gasteiger partial charge in [-0.2, -0.15) is 0 Å². The Kier molecular flexibility index (Phi) is 2.56. The standard InChI is InChI=1S/C20H20N2O3/c1-9(23)14-18(24)17-16-11-8-21-13-6-4-5-10(15(11)13)7-12(16)20(2,3)22(17)19(14)25/h4-6,8,12,16-17,21,23H,7H2,1-3H3/b14-9+/t12?,16-,17-/m0/s1. The number of nitrogens with one attached hydrogen (secondary N) is 1. The fourth-order valence-electron chi connectivity index (χ4n) is 5.45. The molecule has 1 unspecified atom stereocenters. The molecular formula is C20H20N2O3. The zero-order valence-corrected chi connectivity index (χ0v) is 14.5. The van der Waals surface area contributed by atoms with E-state index >= 15 is 0 Å². The lowest BCUT2D eigenvalue weighted by Crippen LogP contribution is -2.46. The van der Waals surface area contributed by atoms with E-state index in [9.17, 15) is 14.7 Å². The van der Waals surface area contributed by atoms with Crippen molar-refractivity contribution in [3.63, 3.8) is 0 Å². The van der Waals surface area contributed by atoms with E-state index in [0.29, 0.717) is 0 Å². The first-order valence-corrected chi connectivity index (χ1v) is 8.70. The number of Topliss-reactive ketones (excluding diaryl/α,β-unsaturated/α-hetero) is 1. The molecule has 1 aromatic carbocycles. The molecule has 3 heterocycles. The summed E-state index contributed by atoms with van der Waals surface area (Å²) in [6.07, 6.45) is 2.85. The number of aromatic amines is 1. The van der Waals surface area contributed by atoms with Crippen LogP contribution in [0.4, 0.5) is 0 Å². The first-order valence-electron chi connectivity index (χ1n) is 8.70. The molecule has 0 bridgehead atoms. The summed E-state index contributed by atoms with van der Waals surface area (Å²) in [7, 11) is 0. The molecule has 1 amide bonds. The number of hydrogen-bond acceptors (Lipinski definition) is 3. The molecule has 3 atom stereocenters. The van der Waals surface area contributed by atoms with Gasteiger partial charge in [0.25, 0.3) is 5.91 Å². The minimum Gasteiger partial charge on any atom is -0.512 e. The van der Waals surface area contributed by atoms with E-state index in [0.717, 1.165) is 17.5 Å². The fourth-order valence-corrected chi connectivity index (χ4v) is 5.45. The van der Waals surface area contributed by atoms with Crippen molar-refractivity contribution in [1.82, 2.24) is 9.88 Å². The highest BCUT2D eigenvalue weighted by atomic mass is 16.3. The molecule has 5 heteroatoms. The van der Waals surface area contributed by atoms with Crippen molar-refractivity contribution in [2.24, 2.45) is 5.92 Å². The molecule has 1 aliphatic carbocycles. The van der Waals surface area contributed by atoms with Crippen molar-refractivity contribution in [1.29, 1.82) is 0 Å². The molecule has 2 aliphatic heterocycles. The number of amides is 1. The van der Waals surface area contributed by atoms with Gasteiger partial charge in [-0.15, -0.1) is 0 Å². The van der Waals surface area contributed by atoms with Gasteiger partial charge >= 0.3 is 0 Å². The van der Waals surface area contributed by atoms with Crippen LogP contribution < -0.4 is 0 Å². The van der Waals surface area contributed by atoms with Crippen molar-refractivity contribution in [3.8, 4) is 0 Å². The van der Waals surface area contributed by atoms with Crippen LogP contribution in [0.1, 0.15) is 37.8 Å². The van der Waals surface area contributed by atoms with Gasteiger partial charge in [-0.1, -0.05) is 12.1 Å². The number of rotatable bonds is 0. The number of nitrogens with zero attached hydrogens (tertiary/aromatic N) is 1. The van der Waals surface area contributed by atoms with E-state index in [-0.39, 0.29) is 34.9 Å². The van der Waals surface area contributed by atoms with Crippen molar-refractivity contribution in [3.05, 3.63) is 46.9 Å². The van der Waals surface area contributed by atoms with Crippen LogP contribution in [-0.4, -0.2) is 38.3 Å². The van der Waals surface area contributed by atoms with Gasteiger partial charge in [-0.3, -0.25) is 9.59 Å². The van der Waals surface area contributed by atoms with Gasteiger partial charge in [0.15, 0.2) is 5.78 Å². The Balaban J connectivity index is 1.78. The Bertz CT molecular complexity index is 994. The van der Waals surface area contributed by atoms with Crippen LogP contribution in [-0.2, 0) is 16.0 Å². The second-order valence-corrected chi connectivity index (χ2v) is 8.02. The number of H-pyrrole nitrogens is 1. The number of aliphatic hydroxyl groups is 1. The maximum atomic E-state index is 13.0. The average Bonchev–Trinajstić information content (AvgIpc) is 3.14. The highest BCUT2D eigenvalue weighted by Crippen LogP contribution is 2.57. The zero-order chi connectivity index (χ0) is 17.7. The molecule has 1 aromatic heterocycles. The molecule has 5 rings (SSSR count). The molecule has 2 fully saturated rings. The van der Waals surface area contributed by atoms with E-state index in [1.807, 2.05) is 32.2 Å². The topological polar surface area (TPSA) is 73.4 Å². The molecule has 3 aliphatic rings. The summed E-state index contributed by atoms with van der Waals surface area (Å²) in [5, 5.41) is 11.1. The predicted molar refractivity (Wildman–Crippen MR) is 93.3 cm³/mol. The minimum atomic E-state index is -0.517. The summed E-state index contributed by atoms with van der Waals surface area (Å²) in [6.45, 7) is 5.51. The van der Waals surface area contributed by atoms with E-state index in [1.54, 1.807) is 4.90 Å². The summed E-state index contributed by atoms with van der Waals surface area (Å²) in [4.78, 5) is 31.0. The maximum absolute atomic E-state index is 13.0. The molecular weight excluding hydrogens is 316 g/mol. The summed E-state index contributed by atoms with van der Waals surface area (Å²) in [6, 6.07) is 5.72. The normalized spacial score (nSPS) is 31.5. The SMILES string of the molecule is C/C(O)=C1/C(=O)[C@@H]2[C@H]3c4c[nH]c5cccc(c45)CC3C(C)(C)N2C1=O. The van der Waals surface area contributed by atoms with Crippen LogP contribution in [0.15, 0.2) is 35.7 Å². The molecule has 2 N–H and O–H groups in total. The number of aliphatic hydroxyl groups excluding tert-OH is 1. The Morgan fingerprint density at radius 1 is 1.32 bits per heavy atom. The van der Waals surface area contributed by atoms with E-state index in [1.165, 1.54) is 17.9 Å². The van der Waals surface area contributed by atoms with Gasteiger partial charge in [-0.25, -0.2) is 0 Å². The molecule has 25 heavy (non-hydrogen) atoms. The predicted octanol–water partition coefficient (Wildman–Crippen LogP) is 2.83. The first-order chi connectivity index (χ1) is 11.8. The van der Waals surface area contributed by atoms with Crippen LogP contribution >= 0.6 is 0 Å². The van der Waals surface area contributed by atoms with Gasteiger partial charge in [-0.05, 0) is 50.3 Å². The number of benzene rings is 1. The summed E-state index contributed by atoms with van der Waals surface area (Å²) in [5.74, 6) is -0.594. The van der Waals surface area contributed by atoms with Crippen LogP contribution in [0.2, 0.25) is 0 Å². The third kappa shape index (κ3) is 1.54. The van der Waals surface area contributed by atoms with Gasteiger partial charge in [0.2, 0.25) is 0 Å². The largest absolute Gasteiger partial charge is 0.512 e. The van der Waals surface area contributed by atoms with Crippen molar-refractivity contribution >= 4 is 22.6 Å². The summed E-state index contributed by atoms with van der Waals surface area (Å²) >= 11 is 0. The molecule has 128 valence electrons. The van der Waals surface area contributed by atoms with Crippen molar-refractivity contribution in [2.75, 3.05) is 0 Å². The quantitative estimate of drug-likeness (QED) is 0.441. The van der Waals surface area contributed by atoms with Crippen LogP contribution in [0, 0.1) is 5.92 Å². The monoisotopic (exact) mass is 336 g/mol. The minimum absolute atomic E-state index is 0.0352. The highest BCUT2D eigenvalue weighted by molar-refractivity contribution is 6.27. The number of carbonyl (C=O) groups excluding carboxylic acids is 2. The lowest BCUT2D eigenvalue weighted by Gasteiger charge is -2.37. The van der Waals surface area contributed by atoms with Crippen LogP contribution in [0.25, 0.3) is 10.9 Å². The lowest BCUT2D eigenvalue weighted by molar-refractivity contribution is -0.130. The Hall–Kier alpha value is -2.56. The third-order valence-corrected chi connectivity index (χ3v) is 6.51. The number of aromatic nitrogens is 1. The summed E-state index contributed by atoms with van der Waals surface area (Å²) < 4.78 is 0. The van der Waals surface area contributed by atoms with E-state index < -0.39 is 11.6 Å². The number of hydrogen-bond donors (Lipinski definition) is 2. The summed E-state index contributed by atoms with van der Waals surface area (Å²) in [5.41, 5.74) is 2.99. The van der Waals surface area contributed by atoms with Crippen LogP contribution in [0.5, 0.6) is 0 Å². The number of ketones is 1. The molecule has 2 saturated heterocycles. The molecule has 0 radical (unpaired) electrons. The lowest BCUT2D eigenvalue weighted by atomic mass is 9.69. The molecule has 2 aromatic rings. The van der Waals surface area contributed by atoms with E-state index in [2.05, 4.69) is 11.1 Å². The number of allylic oxidation sites excluding steroid dienone is 1. The number of carbonyl (C=O) groups is 2. The van der Waals surface area contributed by atoms with Gasteiger partial charge < -0.3 is 15.0 Å². The first kappa shape index (κ1) is 14.8. The number of fused-ring (bicyclic) bond motifs is 4. The zero-order valence-electron chi connectivity index (χ0n) is 14.5. The van der Waals surface area contributed by atoms with Gasteiger partial charge in [0.05, 0.1) is 0 Å². The second-order valence-electron chi connectivity index (χ2n) is 8.02. The van der Waals surface area contributed by atoms with E-state index in [4.69, 9.17) is 0 Å². The Labute approximate surface area is 145 Å². The molecule has 0 saturated carbocycles. The van der Waals surface area contributed by atoms with Crippen molar-refractivity contribution < 1.29 is 14.7 Å². The molecule has 5 nitrogen and oxygen atoms in total. The smallest absolute Gasteiger partial charge is 0.262 e. The Morgan fingerprint density at radius 2 is 2.08 bits per heavy atom. The maximum Gasteiger partial charge on any atom is 0.262 e. The van der Waals surface area contributed by atoms with Crippen LogP contribution in [0.3, 0.4) is 0 Å².